The van der Waals surface area contributed by atoms with Gasteiger partial charge in [0, 0.05) is 4.88 Å². The lowest BCUT2D eigenvalue weighted by atomic mass is 9.91. The summed E-state index contributed by atoms with van der Waals surface area (Å²) in [6.45, 7) is -1.27. The van der Waals surface area contributed by atoms with E-state index < -0.39 is 35.9 Å². The van der Waals surface area contributed by atoms with E-state index in [1.54, 1.807) is 6.07 Å². The molecule has 0 unspecified atom stereocenters. The lowest BCUT2D eigenvalue weighted by Crippen LogP contribution is -2.35. The van der Waals surface area contributed by atoms with Crippen molar-refractivity contribution >= 4 is 23.1 Å². The van der Waals surface area contributed by atoms with Gasteiger partial charge < -0.3 is 14.8 Å². The van der Waals surface area contributed by atoms with Crippen LogP contribution in [-0.2, 0) is 6.42 Å². The van der Waals surface area contributed by atoms with E-state index in [1.165, 1.54) is 25.3 Å². The van der Waals surface area contributed by atoms with Crippen LogP contribution in [0, 0.1) is 0 Å². The molecule has 4 rings (SSSR count). The van der Waals surface area contributed by atoms with Gasteiger partial charge in [-0.2, -0.15) is 32.0 Å². The Hall–Kier alpha value is -3.48. The molecule has 13 heteroatoms. The van der Waals surface area contributed by atoms with Crippen molar-refractivity contribution in [2.45, 2.75) is 32.2 Å². The minimum atomic E-state index is -4.92. The molecule has 0 radical (unpaired) electrons. The number of alkyl halides is 5. The van der Waals surface area contributed by atoms with Crippen molar-refractivity contribution in [3.8, 4) is 11.5 Å². The molecule has 1 aliphatic rings. The molecule has 7 nitrogen and oxygen atoms in total. The Kier molecular flexibility index (Phi) is 6.30. The van der Waals surface area contributed by atoms with Crippen LogP contribution in [0.25, 0.3) is 0 Å². The van der Waals surface area contributed by atoms with Crippen LogP contribution in [0.15, 0.2) is 47.9 Å². The van der Waals surface area contributed by atoms with E-state index >= 15 is 0 Å². The molecule has 2 aromatic heterocycles. The zero-order valence-corrected chi connectivity index (χ0v) is 18.5. The van der Waals surface area contributed by atoms with Gasteiger partial charge in [0.2, 0.25) is 11.7 Å². The van der Waals surface area contributed by atoms with Gasteiger partial charge in [-0.1, -0.05) is 13.0 Å². The second-order valence-corrected chi connectivity index (χ2v) is 8.25. The molecule has 3 heterocycles. The third-order valence-corrected chi connectivity index (χ3v) is 6.31. The van der Waals surface area contributed by atoms with E-state index in [0.29, 0.717) is 6.42 Å². The number of carbonyl (C=O) groups excluding carboxylic acids is 1. The molecule has 0 saturated carbocycles. The number of hydrogen-bond acceptors (Lipinski definition) is 7. The largest absolute Gasteiger partial charge is 0.493 e. The first-order valence-corrected chi connectivity index (χ1v) is 10.7. The number of Topliss-reactive ketones (excluding diaryl/α,β-unsaturated/α-hetero) is 1. The molecule has 0 amide bonds. The fourth-order valence-corrected chi connectivity index (χ4v) is 4.51. The number of allylic oxidation sites excluding steroid dienone is 2. The molecule has 34 heavy (non-hydrogen) atoms. The van der Waals surface area contributed by atoms with Crippen molar-refractivity contribution in [1.82, 2.24) is 14.8 Å². The fourth-order valence-electron chi connectivity index (χ4n) is 3.61. The summed E-state index contributed by atoms with van der Waals surface area (Å²) < 4.78 is 78.5. The number of fused-ring (bicyclic) bond motifs is 1. The van der Waals surface area contributed by atoms with Crippen LogP contribution >= 0.6 is 11.3 Å². The SMILES string of the molecule is CCc1ccc(C(=O)C2=C(C(F)(F)F)Nc3ncnn3[C@H]2c2ccc(OC(F)F)c(OC)c2)s1. The van der Waals surface area contributed by atoms with Crippen LogP contribution in [-0.4, -0.2) is 40.4 Å². The van der Waals surface area contributed by atoms with Gasteiger partial charge in [0.25, 0.3) is 0 Å². The summed E-state index contributed by atoms with van der Waals surface area (Å²) in [5.41, 5.74) is -1.76. The van der Waals surface area contributed by atoms with Crippen molar-refractivity contribution in [3.63, 3.8) is 0 Å². The number of rotatable bonds is 7. The first-order valence-electron chi connectivity index (χ1n) is 9.88. The number of anilines is 1. The van der Waals surface area contributed by atoms with Crippen molar-refractivity contribution in [3.05, 3.63) is 63.2 Å². The molecule has 1 N–H and O–H groups in total. The van der Waals surface area contributed by atoms with Gasteiger partial charge in [0.15, 0.2) is 11.5 Å². The number of hydrogen-bond donors (Lipinski definition) is 1. The van der Waals surface area contributed by atoms with Gasteiger partial charge in [-0.25, -0.2) is 4.68 Å². The lowest BCUT2D eigenvalue weighted by molar-refractivity contribution is -0.0918. The molecule has 1 aliphatic heterocycles. The third kappa shape index (κ3) is 4.34. The zero-order valence-electron chi connectivity index (χ0n) is 17.7. The van der Waals surface area contributed by atoms with Crippen LogP contribution in [0.1, 0.15) is 33.1 Å². The molecular formula is C21H17F5N4O3S. The van der Waals surface area contributed by atoms with Gasteiger partial charge >= 0.3 is 12.8 Å². The fraction of sp³-hybridized carbons (Fsp3) is 0.286. The zero-order chi connectivity index (χ0) is 24.6. The smallest absolute Gasteiger partial charge is 0.431 e. The maximum atomic E-state index is 14.1. The second-order valence-electron chi connectivity index (χ2n) is 7.08. The highest BCUT2D eigenvalue weighted by Gasteiger charge is 2.46. The van der Waals surface area contributed by atoms with Gasteiger partial charge in [0.1, 0.15) is 18.1 Å². The third-order valence-electron chi connectivity index (χ3n) is 5.08. The number of methoxy groups -OCH3 is 1. The van der Waals surface area contributed by atoms with Gasteiger partial charge in [-0.05, 0) is 36.2 Å². The number of benzene rings is 1. The Bertz CT molecular complexity index is 1250. The Labute approximate surface area is 193 Å². The number of ether oxygens (including phenoxy) is 2. The van der Waals surface area contributed by atoms with Gasteiger partial charge in [-0.15, -0.1) is 11.3 Å². The van der Waals surface area contributed by atoms with E-state index in [-0.39, 0.29) is 27.9 Å². The minimum Gasteiger partial charge on any atom is -0.493 e. The normalized spacial score (nSPS) is 15.8. The molecule has 3 aromatic rings. The molecule has 0 aliphatic carbocycles. The Balaban J connectivity index is 1.92. The topological polar surface area (TPSA) is 78.3 Å². The van der Waals surface area contributed by atoms with E-state index in [4.69, 9.17) is 4.74 Å². The number of nitrogens with one attached hydrogen (secondary N) is 1. The van der Waals surface area contributed by atoms with Crippen molar-refractivity contribution in [1.29, 1.82) is 0 Å². The number of halogens is 5. The molecule has 1 aromatic carbocycles. The summed E-state index contributed by atoms with van der Waals surface area (Å²) in [6.07, 6.45) is -3.27. The summed E-state index contributed by atoms with van der Waals surface area (Å²) in [5, 5.41) is 6.18. The minimum absolute atomic E-state index is 0.119. The summed E-state index contributed by atoms with van der Waals surface area (Å²) >= 11 is 1.09. The number of thiophene rings is 1. The highest BCUT2D eigenvalue weighted by Crippen LogP contribution is 2.44. The van der Waals surface area contributed by atoms with Crippen molar-refractivity contribution in [2.24, 2.45) is 0 Å². The molecule has 0 bridgehead atoms. The van der Waals surface area contributed by atoms with Crippen LogP contribution in [0.3, 0.4) is 0 Å². The van der Waals surface area contributed by atoms with Crippen molar-refractivity contribution in [2.75, 3.05) is 12.4 Å². The second kappa shape index (κ2) is 9.05. The van der Waals surface area contributed by atoms with Crippen LogP contribution in [0.4, 0.5) is 27.9 Å². The molecular weight excluding hydrogens is 483 g/mol. The number of carbonyl (C=O) groups is 1. The Morgan fingerprint density at radius 3 is 2.62 bits per heavy atom. The Morgan fingerprint density at radius 1 is 1.24 bits per heavy atom. The number of ketones is 1. The van der Waals surface area contributed by atoms with E-state index in [2.05, 4.69) is 20.1 Å². The van der Waals surface area contributed by atoms with E-state index in [9.17, 15) is 26.7 Å². The number of aryl methyl sites for hydroxylation is 1. The first-order chi connectivity index (χ1) is 16.1. The van der Waals surface area contributed by atoms with E-state index in [0.717, 1.165) is 33.3 Å². The maximum absolute atomic E-state index is 14.1. The van der Waals surface area contributed by atoms with Crippen LogP contribution < -0.4 is 14.8 Å². The average molecular weight is 500 g/mol. The first kappa shape index (κ1) is 23.7. The van der Waals surface area contributed by atoms with Gasteiger partial charge in [0.05, 0.1) is 17.6 Å². The highest BCUT2D eigenvalue weighted by atomic mass is 32.1. The van der Waals surface area contributed by atoms with Crippen molar-refractivity contribution < 1.29 is 36.2 Å². The monoisotopic (exact) mass is 500 g/mol. The lowest BCUT2D eigenvalue weighted by Gasteiger charge is -2.30. The number of nitrogens with zero attached hydrogens (tertiary/aromatic N) is 3. The molecule has 0 saturated heterocycles. The summed E-state index contributed by atoms with van der Waals surface area (Å²) in [4.78, 5) is 18.2. The van der Waals surface area contributed by atoms with Crippen LogP contribution in [0.2, 0.25) is 0 Å². The molecule has 180 valence electrons. The summed E-state index contributed by atoms with van der Waals surface area (Å²) in [5.74, 6) is -1.54. The highest BCUT2D eigenvalue weighted by molar-refractivity contribution is 7.14. The van der Waals surface area contributed by atoms with Crippen LogP contribution in [0.5, 0.6) is 11.5 Å². The quantitative estimate of drug-likeness (QED) is 0.354. The molecule has 0 fully saturated rings. The standard InChI is InChI=1S/C21H17F5N4O3S/c1-3-11-5-7-14(34-11)17(31)15-16(10-4-6-12(33-19(22)23)13(8-10)32-2)30-20(27-9-28-30)29-18(15)21(24,25)26/h4-9,16,19H,3H2,1-2H3,(H,27,28,29)/t16-/m0/s1. The number of aromatic nitrogens is 3. The molecule has 1 atom stereocenters. The average Bonchev–Trinajstić information content (AvgIpc) is 3.46. The van der Waals surface area contributed by atoms with E-state index in [1.807, 2.05) is 6.92 Å². The summed E-state index contributed by atoms with van der Waals surface area (Å²) in [6, 6.07) is 5.42. The predicted molar refractivity (Wildman–Crippen MR) is 113 cm³/mol. The Morgan fingerprint density at radius 2 is 2.00 bits per heavy atom. The summed E-state index contributed by atoms with van der Waals surface area (Å²) in [7, 11) is 1.20. The molecule has 0 spiro atoms. The van der Waals surface area contributed by atoms with Gasteiger partial charge in [-0.3, -0.25) is 4.79 Å². The predicted octanol–water partition coefficient (Wildman–Crippen LogP) is 5.23. The maximum Gasteiger partial charge on any atom is 0.431 e.